The molecule has 1 atom stereocenters. The SMILES string of the molecule is Cc1ccc(OCCCF)c([C@@H](C)O)c1. The molecule has 0 saturated carbocycles. The molecule has 1 aromatic carbocycles. The first-order valence-corrected chi connectivity index (χ1v) is 5.12. The summed E-state index contributed by atoms with van der Waals surface area (Å²) in [5, 5.41) is 9.53. The molecule has 0 heterocycles. The number of hydrogen-bond donors (Lipinski definition) is 1. The normalized spacial score (nSPS) is 12.5. The fraction of sp³-hybridized carbons (Fsp3) is 0.500. The minimum absolute atomic E-state index is 0.347. The number of benzene rings is 1. The molecule has 1 rings (SSSR count). The summed E-state index contributed by atoms with van der Waals surface area (Å²) in [6, 6.07) is 5.61. The highest BCUT2D eigenvalue weighted by Gasteiger charge is 2.08. The van der Waals surface area contributed by atoms with Crippen molar-refractivity contribution in [2.24, 2.45) is 0 Å². The highest BCUT2D eigenvalue weighted by Crippen LogP contribution is 2.26. The number of aliphatic hydroxyl groups is 1. The van der Waals surface area contributed by atoms with Crippen LogP contribution in [0.4, 0.5) is 4.39 Å². The Bertz CT molecular complexity index is 310. The number of halogens is 1. The van der Waals surface area contributed by atoms with Gasteiger partial charge in [0, 0.05) is 12.0 Å². The molecule has 0 fully saturated rings. The average molecular weight is 212 g/mol. The van der Waals surface area contributed by atoms with Crippen LogP contribution in [0.25, 0.3) is 0 Å². The molecule has 0 radical (unpaired) electrons. The van der Waals surface area contributed by atoms with Crippen LogP contribution in [0.2, 0.25) is 0 Å². The zero-order valence-corrected chi connectivity index (χ0v) is 9.16. The summed E-state index contributed by atoms with van der Waals surface area (Å²) in [6.07, 6.45) is -0.182. The molecule has 0 aliphatic carbocycles. The van der Waals surface area contributed by atoms with Crippen LogP contribution in [0.1, 0.15) is 30.6 Å². The van der Waals surface area contributed by atoms with Crippen LogP contribution >= 0.6 is 0 Å². The topological polar surface area (TPSA) is 29.5 Å². The minimum Gasteiger partial charge on any atom is -0.493 e. The Balaban J connectivity index is 2.77. The highest BCUT2D eigenvalue weighted by molar-refractivity contribution is 5.38. The quantitative estimate of drug-likeness (QED) is 0.760. The van der Waals surface area contributed by atoms with Crippen molar-refractivity contribution >= 4 is 0 Å². The molecule has 84 valence electrons. The molecule has 0 aliphatic rings. The van der Waals surface area contributed by atoms with Gasteiger partial charge in [0.1, 0.15) is 5.75 Å². The number of alkyl halides is 1. The lowest BCUT2D eigenvalue weighted by atomic mass is 10.1. The van der Waals surface area contributed by atoms with E-state index in [9.17, 15) is 9.50 Å². The van der Waals surface area contributed by atoms with E-state index in [1.54, 1.807) is 6.92 Å². The molecule has 0 bridgehead atoms. The molecule has 0 saturated heterocycles. The molecule has 1 aromatic rings. The Morgan fingerprint density at radius 3 is 2.80 bits per heavy atom. The first kappa shape index (κ1) is 12.0. The predicted molar refractivity (Wildman–Crippen MR) is 57.9 cm³/mol. The number of rotatable bonds is 5. The van der Waals surface area contributed by atoms with Crippen LogP contribution in [0.15, 0.2) is 18.2 Å². The molecule has 2 nitrogen and oxygen atoms in total. The third-order valence-electron chi connectivity index (χ3n) is 2.15. The molecule has 0 aliphatic heterocycles. The Kier molecular flexibility index (Phi) is 4.56. The third kappa shape index (κ3) is 3.51. The Morgan fingerprint density at radius 2 is 2.20 bits per heavy atom. The van der Waals surface area contributed by atoms with Crippen LogP contribution in [0, 0.1) is 6.92 Å². The van der Waals surface area contributed by atoms with Gasteiger partial charge in [0.15, 0.2) is 0 Å². The number of ether oxygens (including phenoxy) is 1. The van der Waals surface area contributed by atoms with Gasteiger partial charge >= 0.3 is 0 Å². The van der Waals surface area contributed by atoms with Crippen molar-refractivity contribution in [1.82, 2.24) is 0 Å². The van der Waals surface area contributed by atoms with E-state index in [-0.39, 0.29) is 6.67 Å². The van der Waals surface area contributed by atoms with Crippen molar-refractivity contribution in [3.05, 3.63) is 29.3 Å². The molecule has 0 amide bonds. The zero-order valence-electron chi connectivity index (χ0n) is 9.16. The summed E-state index contributed by atoms with van der Waals surface area (Å²) in [7, 11) is 0. The predicted octanol–water partition coefficient (Wildman–Crippen LogP) is 2.79. The second-order valence-corrected chi connectivity index (χ2v) is 3.61. The Morgan fingerprint density at radius 1 is 1.47 bits per heavy atom. The lowest BCUT2D eigenvalue weighted by Gasteiger charge is -2.13. The van der Waals surface area contributed by atoms with Crippen LogP contribution in [-0.2, 0) is 0 Å². The summed E-state index contributed by atoms with van der Waals surface area (Å²) in [5.74, 6) is 0.643. The number of hydrogen-bond acceptors (Lipinski definition) is 2. The smallest absolute Gasteiger partial charge is 0.125 e. The monoisotopic (exact) mass is 212 g/mol. The van der Waals surface area contributed by atoms with Crippen molar-refractivity contribution in [1.29, 1.82) is 0 Å². The molecular formula is C12H17FO2. The van der Waals surface area contributed by atoms with Gasteiger partial charge in [0.05, 0.1) is 19.4 Å². The van der Waals surface area contributed by atoms with Gasteiger partial charge < -0.3 is 9.84 Å². The molecule has 1 N–H and O–H groups in total. The van der Waals surface area contributed by atoms with Crippen molar-refractivity contribution in [2.45, 2.75) is 26.4 Å². The van der Waals surface area contributed by atoms with Gasteiger partial charge in [-0.1, -0.05) is 11.6 Å². The van der Waals surface area contributed by atoms with Crippen molar-refractivity contribution in [2.75, 3.05) is 13.3 Å². The summed E-state index contributed by atoms with van der Waals surface area (Å²) in [4.78, 5) is 0. The largest absolute Gasteiger partial charge is 0.493 e. The Labute approximate surface area is 89.7 Å². The second-order valence-electron chi connectivity index (χ2n) is 3.61. The van der Waals surface area contributed by atoms with Gasteiger partial charge in [0.2, 0.25) is 0 Å². The van der Waals surface area contributed by atoms with E-state index < -0.39 is 6.10 Å². The second kappa shape index (κ2) is 5.71. The van der Waals surface area contributed by atoms with E-state index in [1.165, 1.54) is 0 Å². The van der Waals surface area contributed by atoms with Gasteiger partial charge in [-0.05, 0) is 26.0 Å². The summed E-state index contributed by atoms with van der Waals surface area (Å²) < 4.78 is 17.3. The van der Waals surface area contributed by atoms with Crippen molar-refractivity contribution < 1.29 is 14.2 Å². The van der Waals surface area contributed by atoms with Crippen LogP contribution in [0.5, 0.6) is 5.75 Å². The maximum atomic E-state index is 11.9. The maximum Gasteiger partial charge on any atom is 0.125 e. The van der Waals surface area contributed by atoms with Crippen molar-refractivity contribution in [3.8, 4) is 5.75 Å². The van der Waals surface area contributed by atoms with E-state index in [4.69, 9.17) is 4.74 Å². The lowest BCUT2D eigenvalue weighted by Crippen LogP contribution is -2.03. The van der Waals surface area contributed by atoms with E-state index in [0.29, 0.717) is 18.8 Å². The summed E-state index contributed by atoms with van der Waals surface area (Å²) in [5.41, 5.74) is 1.83. The van der Waals surface area contributed by atoms with E-state index >= 15 is 0 Å². The highest BCUT2D eigenvalue weighted by atomic mass is 19.1. The molecule has 3 heteroatoms. The van der Waals surface area contributed by atoms with Gasteiger partial charge in [-0.25, -0.2) is 0 Å². The molecule has 0 aromatic heterocycles. The van der Waals surface area contributed by atoms with E-state index in [0.717, 1.165) is 11.1 Å². The third-order valence-corrected chi connectivity index (χ3v) is 2.15. The van der Waals surface area contributed by atoms with Gasteiger partial charge in [-0.15, -0.1) is 0 Å². The molecule has 15 heavy (non-hydrogen) atoms. The average Bonchev–Trinajstić information content (AvgIpc) is 2.20. The van der Waals surface area contributed by atoms with Gasteiger partial charge in [-0.2, -0.15) is 0 Å². The first-order valence-electron chi connectivity index (χ1n) is 5.12. The fourth-order valence-electron chi connectivity index (χ4n) is 1.36. The van der Waals surface area contributed by atoms with Crippen LogP contribution in [-0.4, -0.2) is 18.4 Å². The summed E-state index contributed by atoms with van der Waals surface area (Å²) >= 11 is 0. The molecule has 0 spiro atoms. The Hall–Kier alpha value is -1.09. The summed E-state index contributed by atoms with van der Waals surface area (Å²) in [6.45, 7) is 3.61. The van der Waals surface area contributed by atoms with Crippen LogP contribution in [0.3, 0.4) is 0 Å². The molecule has 0 unspecified atom stereocenters. The lowest BCUT2D eigenvalue weighted by molar-refractivity contribution is 0.190. The first-order chi connectivity index (χ1) is 7.15. The van der Waals surface area contributed by atoms with E-state index in [2.05, 4.69) is 0 Å². The minimum atomic E-state index is -0.565. The zero-order chi connectivity index (χ0) is 11.3. The maximum absolute atomic E-state index is 11.9. The van der Waals surface area contributed by atoms with Gasteiger partial charge in [-0.3, -0.25) is 4.39 Å². The van der Waals surface area contributed by atoms with Crippen LogP contribution < -0.4 is 4.74 Å². The molecular weight excluding hydrogens is 195 g/mol. The number of aryl methyl sites for hydroxylation is 1. The van der Waals surface area contributed by atoms with Gasteiger partial charge in [0.25, 0.3) is 0 Å². The number of aliphatic hydroxyl groups excluding tert-OH is 1. The van der Waals surface area contributed by atoms with E-state index in [1.807, 2.05) is 25.1 Å². The standard InChI is InChI=1S/C12H17FO2/c1-9-4-5-12(15-7-3-6-13)11(8-9)10(2)14/h4-5,8,10,14H,3,6-7H2,1-2H3/t10-/m1/s1. The van der Waals surface area contributed by atoms with Crippen molar-refractivity contribution in [3.63, 3.8) is 0 Å². The fourth-order valence-corrected chi connectivity index (χ4v) is 1.36.